The molecule has 0 radical (unpaired) electrons. The molecule has 0 bridgehead atoms. The van der Waals surface area contributed by atoms with Crippen LogP contribution in [0, 0.1) is 0 Å². The van der Waals surface area contributed by atoms with Crippen molar-refractivity contribution in [2.75, 3.05) is 13.2 Å². The molecular formula is C52H96O6. The van der Waals surface area contributed by atoms with Crippen molar-refractivity contribution in [2.45, 2.75) is 277 Å². The SMILES string of the molecule is CCCCCC/C=C\CCCCCCCC(=O)OC[C@H](COC(=O)CCCCCCCCCCCCCCCC)OC(=O)CCCCCCC/C=C\CCCCCC. The van der Waals surface area contributed by atoms with Crippen molar-refractivity contribution in [3.8, 4) is 0 Å². The lowest BCUT2D eigenvalue weighted by Crippen LogP contribution is -2.30. The van der Waals surface area contributed by atoms with E-state index >= 15 is 0 Å². The molecule has 0 aliphatic rings. The van der Waals surface area contributed by atoms with Gasteiger partial charge in [-0.3, -0.25) is 14.4 Å². The quantitative estimate of drug-likeness (QED) is 0.0263. The van der Waals surface area contributed by atoms with Crippen LogP contribution in [-0.4, -0.2) is 37.2 Å². The minimum Gasteiger partial charge on any atom is -0.462 e. The Kier molecular flexibility index (Phi) is 45.8. The first-order valence-corrected chi connectivity index (χ1v) is 25.3. The average molecular weight is 817 g/mol. The number of hydrogen-bond donors (Lipinski definition) is 0. The van der Waals surface area contributed by atoms with E-state index in [4.69, 9.17) is 14.2 Å². The predicted molar refractivity (Wildman–Crippen MR) is 247 cm³/mol. The van der Waals surface area contributed by atoms with E-state index in [0.29, 0.717) is 19.3 Å². The first-order valence-electron chi connectivity index (χ1n) is 25.3. The Morgan fingerprint density at radius 2 is 0.569 bits per heavy atom. The zero-order valence-corrected chi connectivity index (χ0v) is 38.8. The molecule has 0 aromatic carbocycles. The maximum absolute atomic E-state index is 12.8. The Bertz CT molecular complexity index is 942. The van der Waals surface area contributed by atoms with E-state index in [2.05, 4.69) is 45.1 Å². The van der Waals surface area contributed by atoms with Crippen molar-refractivity contribution in [1.82, 2.24) is 0 Å². The van der Waals surface area contributed by atoms with Gasteiger partial charge in [0.2, 0.25) is 0 Å². The van der Waals surface area contributed by atoms with Crippen LogP contribution in [0.4, 0.5) is 0 Å². The summed E-state index contributed by atoms with van der Waals surface area (Å²) >= 11 is 0. The number of allylic oxidation sites excluding steroid dienone is 4. The van der Waals surface area contributed by atoms with Crippen molar-refractivity contribution < 1.29 is 28.6 Å². The third-order valence-corrected chi connectivity index (χ3v) is 11.2. The molecule has 1 atom stereocenters. The van der Waals surface area contributed by atoms with Crippen LogP contribution in [0.3, 0.4) is 0 Å². The Morgan fingerprint density at radius 1 is 0.328 bits per heavy atom. The molecule has 0 heterocycles. The normalized spacial score (nSPS) is 12.1. The maximum Gasteiger partial charge on any atom is 0.306 e. The van der Waals surface area contributed by atoms with Gasteiger partial charge in [-0.25, -0.2) is 0 Å². The minimum atomic E-state index is -0.773. The van der Waals surface area contributed by atoms with Crippen molar-refractivity contribution in [1.29, 1.82) is 0 Å². The Morgan fingerprint density at radius 3 is 0.879 bits per heavy atom. The van der Waals surface area contributed by atoms with Crippen molar-refractivity contribution in [3.63, 3.8) is 0 Å². The fourth-order valence-corrected chi connectivity index (χ4v) is 7.31. The zero-order chi connectivity index (χ0) is 42.3. The fraction of sp³-hybridized carbons (Fsp3) is 0.865. The lowest BCUT2D eigenvalue weighted by molar-refractivity contribution is -0.167. The van der Waals surface area contributed by atoms with Crippen LogP contribution in [0.5, 0.6) is 0 Å². The average Bonchev–Trinajstić information content (AvgIpc) is 3.22. The van der Waals surface area contributed by atoms with Gasteiger partial charge in [-0.05, 0) is 70.6 Å². The topological polar surface area (TPSA) is 78.9 Å². The molecule has 0 N–H and O–H groups in total. The molecule has 0 aliphatic heterocycles. The van der Waals surface area contributed by atoms with Gasteiger partial charge in [0.1, 0.15) is 13.2 Å². The summed E-state index contributed by atoms with van der Waals surface area (Å²) in [7, 11) is 0. The number of unbranched alkanes of at least 4 members (excludes halogenated alkanes) is 31. The number of ether oxygens (including phenoxy) is 3. The van der Waals surface area contributed by atoms with Gasteiger partial charge in [-0.2, -0.15) is 0 Å². The summed E-state index contributed by atoms with van der Waals surface area (Å²) in [6.07, 6.45) is 53.0. The molecule has 0 fully saturated rings. The van der Waals surface area contributed by atoms with Crippen LogP contribution in [0.1, 0.15) is 271 Å². The van der Waals surface area contributed by atoms with E-state index in [-0.39, 0.29) is 31.1 Å². The molecule has 0 aromatic rings. The smallest absolute Gasteiger partial charge is 0.306 e. The largest absolute Gasteiger partial charge is 0.462 e. The lowest BCUT2D eigenvalue weighted by Gasteiger charge is -2.18. The lowest BCUT2D eigenvalue weighted by atomic mass is 10.0. The highest BCUT2D eigenvalue weighted by atomic mass is 16.6. The Labute approximate surface area is 360 Å². The highest BCUT2D eigenvalue weighted by molar-refractivity contribution is 5.71. The molecule has 340 valence electrons. The van der Waals surface area contributed by atoms with Crippen LogP contribution in [0.2, 0.25) is 0 Å². The second-order valence-corrected chi connectivity index (χ2v) is 17.1. The third kappa shape index (κ3) is 45.0. The van der Waals surface area contributed by atoms with Gasteiger partial charge in [0, 0.05) is 19.3 Å². The second-order valence-electron chi connectivity index (χ2n) is 17.1. The number of rotatable bonds is 46. The van der Waals surface area contributed by atoms with E-state index in [9.17, 15) is 14.4 Å². The second kappa shape index (κ2) is 47.6. The number of hydrogen-bond acceptors (Lipinski definition) is 6. The van der Waals surface area contributed by atoms with Crippen LogP contribution < -0.4 is 0 Å². The molecule has 6 nitrogen and oxygen atoms in total. The van der Waals surface area contributed by atoms with Crippen molar-refractivity contribution in [2.24, 2.45) is 0 Å². The summed E-state index contributed by atoms with van der Waals surface area (Å²) in [4.78, 5) is 37.9. The van der Waals surface area contributed by atoms with E-state index < -0.39 is 6.10 Å². The number of carbonyl (C=O) groups excluding carboxylic acids is 3. The van der Waals surface area contributed by atoms with Gasteiger partial charge >= 0.3 is 17.9 Å². The van der Waals surface area contributed by atoms with Gasteiger partial charge in [-0.15, -0.1) is 0 Å². The maximum atomic E-state index is 12.8. The van der Waals surface area contributed by atoms with Gasteiger partial charge in [0.25, 0.3) is 0 Å². The summed E-state index contributed by atoms with van der Waals surface area (Å²) in [5.74, 6) is -0.881. The monoisotopic (exact) mass is 817 g/mol. The Balaban J connectivity index is 4.36. The molecule has 0 unspecified atom stereocenters. The Hall–Kier alpha value is -2.11. The van der Waals surface area contributed by atoms with Crippen LogP contribution in [0.25, 0.3) is 0 Å². The molecule has 6 heteroatoms. The highest BCUT2D eigenvalue weighted by Crippen LogP contribution is 2.15. The molecule has 0 aliphatic carbocycles. The van der Waals surface area contributed by atoms with Crippen LogP contribution in [-0.2, 0) is 28.6 Å². The number of esters is 3. The highest BCUT2D eigenvalue weighted by Gasteiger charge is 2.19. The molecule has 58 heavy (non-hydrogen) atoms. The van der Waals surface area contributed by atoms with Gasteiger partial charge in [0.05, 0.1) is 0 Å². The molecule has 0 spiro atoms. The van der Waals surface area contributed by atoms with Crippen LogP contribution >= 0.6 is 0 Å². The van der Waals surface area contributed by atoms with E-state index in [0.717, 1.165) is 70.6 Å². The molecular weight excluding hydrogens is 721 g/mol. The summed E-state index contributed by atoms with van der Waals surface area (Å²) in [5.41, 5.74) is 0. The van der Waals surface area contributed by atoms with Crippen molar-refractivity contribution >= 4 is 17.9 Å². The first-order chi connectivity index (χ1) is 28.5. The van der Waals surface area contributed by atoms with Crippen LogP contribution in [0.15, 0.2) is 24.3 Å². The van der Waals surface area contributed by atoms with Gasteiger partial charge in [-0.1, -0.05) is 206 Å². The number of carbonyl (C=O) groups is 3. The third-order valence-electron chi connectivity index (χ3n) is 11.2. The standard InChI is InChI=1S/C52H96O6/c1-4-7-10-13-16-19-22-25-28-30-33-36-39-42-45-51(54)57-48-49(58-52(55)46-43-40-37-34-31-27-24-21-18-15-12-9-6-3)47-56-50(53)44-41-38-35-32-29-26-23-20-17-14-11-8-5-2/h20-21,23-24,49H,4-19,22,25-48H2,1-3H3/b23-20-,24-21-/t49-/m1/s1. The van der Waals surface area contributed by atoms with E-state index in [1.807, 2.05) is 0 Å². The molecule has 0 rings (SSSR count). The molecule has 0 aromatic heterocycles. The summed E-state index contributed by atoms with van der Waals surface area (Å²) in [6.45, 7) is 6.61. The molecule has 0 amide bonds. The predicted octanol–water partition coefficient (Wildman–Crippen LogP) is 16.4. The summed E-state index contributed by atoms with van der Waals surface area (Å²) in [5, 5.41) is 0. The molecule has 0 saturated carbocycles. The first kappa shape index (κ1) is 55.9. The zero-order valence-electron chi connectivity index (χ0n) is 38.8. The summed E-state index contributed by atoms with van der Waals surface area (Å²) < 4.78 is 16.8. The van der Waals surface area contributed by atoms with Gasteiger partial charge in [0.15, 0.2) is 6.10 Å². The van der Waals surface area contributed by atoms with Crippen molar-refractivity contribution in [3.05, 3.63) is 24.3 Å². The summed E-state index contributed by atoms with van der Waals surface area (Å²) in [6, 6.07) is 0. The molecule has 0 saturated heterocycles. The van der Waals surface area contributed by atoms with E-state index in [1.54, 1.807) is 0 Å². The van der Waals surface area contributed by atoms with Gasteiger partial charge < -0.3 is 14.2 Å². The minimum absolute atomic E-state index is 0.0736. The van der Waals surface area contributed by atoms with E-state index in [1.165, 1.54) is 161 Å². The fourth-order valence-electron chi connectivity index (χ4n) is 7.31.